The van der Waals surface area contributed by atoms with E-state index in [4.69, 9.17) is 0 Å². The van der Waals surface area contributed by atoms with Crippen molar-refractivity contribution in [3.05, 3.63) is 70.5 Å². The minimum Gasteiger partial charge on any atom is -0.340 e. The first-order chi connectivity index (χ1) is 17.4. The Balaban J connectivity index is 1.11. The van der Waals surface area contributed by atoms with Crippen LogP contribution in [-0.4, -0.2) is 89.8 Å². The number of halogens is 1. The number of carbonyl (C=O) groups is 2. The number of rotatable bonds is 6. The summed E-state index contributed by atoms with van der Waals surface area (Å²) in [7, 11) is 0. The lowest BCUT2D eigenvalue weighted by atomic mass is 9.86. The average Bonchev–Trinajstić information content (AvgIpc) is 2.88. The predicted molar refractivity (Wildman–Crippen MR) is 138 cm³/mol. The molecule has 7 heteroatoms. The van der Waals surface area contributed by atoms with E-state index >= 15 is 0 Å². The van der Waals surface area contributed by atoms with Crippen LogP contribution < -0.4 is 0 Å². The van der Waals surface area contributed by atoms with Crippen molar-refractivity contribution in [1.29, 1.82) is 0 Å². The summed E-state index contributed by atoms with van der Waals surface area (Å²) in [6.45, 7) is 9.04. The number of hydrogen-bond donors (Lipinski definition) is 0. The second-order valence-electron chi connectivity index (χ2n) is 10.5. The first kappa shape index (κ1) is 24.9. The second kappa shape index (κ2) is 11.1. The molecule has 2 amide bonds. The highest BCUT2D eigenvalue weighted by atomic mass is 19.1. The number of nitrogens with zero attached hydrogens (tertiary/aromatic N) is 4. The van der Waals surface area contributed by atoms with Crippen molar-refractivity contribution < 1.29 is 14.0 Å². The fourth-order valence-electron chi connectivity index (χ4n) is 5.88. The zero-order chi connectivity index (χ0) is 25.1. The number of benzene rings is 2. The Kier molecular flexibility index (Phi) is 7.67. The summed E-state index contributed by atoms with van der Waals surface area (Å²) in [5, 5.41) is 0. The lowest BCUT2D eigenvalue weighted by molar-refractivity contribution is -0.139. The van der Waals surface area contributed by atoms with E-state index in [2.05, 4.69) is 32.9 Å². The topological polar surface area (TPSA) is 47.1 Å². The van der Waals surface area contributed by atoms with Crippen LogP contribution in [0.25, 0.3) is 0 Å². The van der Waals surface area contributed by atoms with Gasteiger partial charge in [-0.05, 0) is 60.1 Å². The maximum atomic E-state index is 13.1. The van der Waals surface area contributed by atoms with Crippen molar-refractivity contribution in [2.75, 3.05) is 52.4 Å². The van der Waals surface area contributed by atoms with E-state index in [0.29, 0.717) is 6.54 Å². The molecule has 0 N–H and O–H groups in total. The van der Waals surface area contributed by atoms with Crippen LogP contribution in [0.2, 0.25) is 0 Å². The van der Waals surface area contributed by atoms with Gasteiger partial charge in [-0.15, -0.1) is 0 Å². The van der Waals surface area contributed by atoms with Crippen LogP contribution in [0.4, 0.5) is 4.39 Å². The van der Waals surface area contributed by atoms with Gasteiger partial charge in [-0.1, -0.05) is 30.3 Å². The molecule has 2 aliphatic heterocycles. The van der Waals surface area contributed by atoms with E-state index in [9.17, 15) is 14.0 Å². The zero-order valence-corrected chi connectivity index (χ0v) is 21.3. The van der Waals surface area contributed by atoms with Gasteiger partial charge >= 0.3 is 0 Å². The molecular formula is C29H37FN4O2. The standard InChI is InChI=1S/C29H37FN4O2/c1-22(35)33-15-12-32(13-16-33)20-24-2-5-26-19-28(9-6-25(26)18-24)34-17-14-31(21-29(34)36)11-10-23-3-7-27(30)8-4-23/h2-5,7-8,18,28H,6,9-17,19-21H2,1H3/t28-/m0/s1. The van der Waals surface area contributed by atoms with Crippen LogP contribution in [-0.2, 0) is 35.4 Å². The molecule has 0 saturated carbocycles. The molecule has 2 aromatic rings. The fourth-order valence-corrected chi connectivity index (χ4v) is 5.88. The number of amides is 2. The van der Waals surface area contributed by atoms with Crippen LogP contribution in [0.5, 0.6) is 0 Å². The molecule has 6 nitrogen and oxygen atoms in total. The van der Waals surface area contributed by atoms with Crippen molar-refractivity contribution in [3.63, 3.8) is 0 Å². The minimum absolute atomic E-state index is 0.169. The first-order valence-electron chi connectivity index (χ1n) is 13.3. The highest BCUT2D eigenvalue weighted by Crippen LogP contribution is 2.27. The normalized spacial score (nSPS) is 21.5. The first-order valence-corrected chi connectivity index (χ1v) is 13.3. The Labute approximate surface area is 213 Å². The van der Waals surface area contributed by atoms with E-state index < -0.39 is 0 Å². The van der Waals surface area contributed by atoms with E-state index in [0.717, 1.165) is 83.6 Å². The van der Waals surface area contributed by atoms with Gasteiger partial charge in [0.25, 0.3) is 0 Å². The molecule has 0 spiro atoms. The Morgan fingerprint density at radius 3 is 2.36 bits per heavy atom. The lowest BCUT2D eigenvalue weighted by Gasteiger charge is -2.41. The van der Waals surface area contributed by atoms with Crippen LogP contribution in [0, 0.1) is 5.82 Å². The number of piperazine rings is 2. The Bertz CT molecular complexity index is 1080. The van der Waals surface area contributed by atoms with Gasteiger partial charge in [-0.25, -0.2) is 4.39 Å². The van der Waals surface area contributed by atoms with Crippen molar-refractivity contribution in [2.45, 2.75) is 45.2 Å². The molecule has 2 aromatic carbocycles. The molecule has 0 aromatic heterocycles. The zero-order valence-electron chi connectivity index (χ0n) is 21.3. The SMILES string of the molecule is CC(=O)N1CCN(Cc2ccc3c(c2)CC[C@H](N2CCN(CCc4ccc(F)cc4)CC2=O)C3)CC1. The summed E-state index contributed by atoms with van der Waals surface area (Å²) in [4.78, 5) is 33.3. The van der Waals surface area contributed by atoms with Gasteiger partial charge in [0.1, 0.15) is 5.82 Å². The van der Waals surface area contributed by atoms with Crippen LogP contribution in [0.1, 0.15) is 35.6 Å². The molecule has 1 atom stereocenters. The number of aryl methyl sites for hydroxylation is 1. The molecule has 192 valence electrons. The molecule has 5 rings (SSSR count). The third-order valence-corrected chi connectivity index (χ3v) is 8.10. The summed E-state index contributed by atoms with van der Waals surface area (Å²) in [6.07, 6.45) is 3.81. The van der Waals surface area contributed by atoms with E-state index in [-0.39, 0.29) is 23.7 Å². The third-order valence-electron chi connectivity index (χ3n) is 8.10. The van der Waals surface area contributed by atoms with Gasteiger partial charge in [-0.3, -0.25) is 19.4 Å². The van der Waals surface area contributed by atoms with E-state index in [1.54, 1.807) is 6.92 Å². The number of hydrogen-bond acceptors (Lipinski definition) is 4. The minimum atomic E-state index is -0.211. The molecule has 3 aliphatic rings. The number of fused-ring (bicyclic) bond motifs is 1. The Morgan fingerprint density at radius 2 is 1.64 bits per heavy atom. The average molecular weight is 493 g/mol. The molecule has 1 aliphatic carbocycles. The quantitative estimate of drug-likeness (QED) is 0.622. The fraction of sp³-hybridized carbons (Fsp3) is 0.517. The van der Waals surface area contributed by atoms with Gasteiger partial charge in [0.15, 0.2) is 0 Å². The maximum absolute atomic E-state index is 13.1. The van der Waals surface area contributed by atoms with Crippen LogP contribution >= 0.6 is 0 Å². The van der Waals surface area contributed by atoms with Crippen molar-refractivity contribution in [3.8, 4) is 0 Å². The van der Waals surface area contributed by atoms with Crippen molar-refractivity contribution in [1.82, 2.24) is 19.6 Å². The lowest BCUT2D eigenvalue weighted by Crippen LogP contribution is -2.55. The monoisotopic (exact) mass is 492 g/mol. The third kappa shape index (κ3) is 5.95. The maximum Gasteiger partial charge on any atom is 0.237 e. The molecule has 36 heavy (non-hydrogen) atoms. The highest BCUT2D eigenvalue weighted by Gasteiger charge is 2.32. The van der Waals surface area contributed by atoms with Crippen molar-refractivity contribution >= 4 is 11.8 Å². The second-order valence-corrected chi connectivity index (χ2v) is 10.5. The molecule has 0 unspecified atom stereocenters. The molecule has 2 heterocycles. The summed E-state index contributed by atoms with van der Waals surface area (Å²) >= 11 is 0. The molecular weight excluding hydrogens is 455 g/mol. The van der Waals surface area contributed by atoms with Gasteiger partial charge in [-0.2, -0.15) is 0 Å². The van der Waals surface area contributed by atoms with Gasteiger partial charge in [0.2, 0.25) is 11.8 Å². The van der Waals surface area contributed by atoms with Crippen molar-refractivity contribution in [2.24, 2.45) is 0 Å². The predicted octanol–water partition coefficient (Wildman–Crippen LogP) is 2.73. The summed E-state index contributed by atoms with van der Waals surface area (Å²) < 4.78 is 13.1. The van der Waals surface area contributed by atoms with Gasteiger partial charge < -0.3 is 9.80 Å². The summed E-state index contributed by atoms with van der Waals surface area (Å²) in [5.41, 5.74) is 5.25. The van der Waals surface area contributed by atoms with Gasteiger partial charge in [0.05, 0.1) is 6.54 Å². The number of carbonyl (C=O) groups excluding carboxylic acids is 2. The molecule has 0 radical (unpaired) electrons. The molecule has 2 fully saturated rings. The Morgan fingerprint density at radius 1 is 0.917 bits per heavy atom. The molecule has 0 bridgehead atoms. The van der Waals surface area contributed by atoms with E-state index in [1.807, 2.05) is 17.0 Å². The van der Waals surface area contributed by atoms with E-state index in [1.165, 1.54) is 28.8 Å². The van der Waals surface area contributed by atoms with Crippen LogP contribution in [0.3, 0.4) is 0 Å². The Hall–Kier alpha value is -2.77. The largest absolute Gasteiger partial charge is 0.340 e. The summed E-state index contributed by atoms with van der Waals surface area (Å²) in [6, 6.07) is 13.8. The summed E-state index contributed by atoms with van der Waals surface area (Å²) in [5.74, 6) is 0.190. The highest BCUT2D eigenvalue weighted by molar-refractivity contribution is 5.79. The molecule has 2 saturated heterocycles. The van der Waals surface area contributed by atoms with Gasteiger partial charge in [0, 0.05) is 65.3 Å². The smallest absolute Gasteiger partial charge is 0.237 e. The van der Waals surface area contributed by atoms with Crippen LogP contribution in [0.15, 0.2) is 42.5 Å².